The van der Waals surface area contributed by atoms with Crippen molar-refractivity contribution in [2.75, 3.05) is 40.3 Å². The smallest absolute Gasteiger partial charge is 0.293 e. The predicted octanol–water partition coefficient (Wildman–Crippen LogP) is 0.471. The molecule has 6 nitrogen and oxygen atoms in total. The Balaban J connectivity index is 1.85. The van der Waals surface area contributed by atoms with Crippen LogP contribution in [0.5, 0.6) is 0 Å². The molecule has 140 valence electrons. The summed E-state index contributed by atoms with van der Waals surface area (Å²) in [6, 6.07) is 6.12. The zero-order valence-electron chi connectivity index (χ0n) is 14.7. The van der Waals surface area contributed by atoms with Crippen molar-refractivity contribution in [2.24, 2.45) is 0 Å². The van der Waals surface area contributed by atoms with Gasteiger partial charge in [0.1, 0.15) is 5.82 Å². The second-order valence-corrected chi connectivity index (χ2v) is 7.40. The number of carbonyl (C=O) groups is 2. The van der Waals surface area contributed by atoms with E-state index in [0.29, 0.717) is 11.7 Å². The Morgan fingerprint density at radius 3 is 2.65 bits per heavy atom. The number of likely N-dealkylation sites (N-methyl/N-ethyl adjacent to an activating group) is 1. The highest BCUT2D eigenvalue weighted by atomic mass is 32.2. The topological polar surface area (TPSA) is 65.9 Å². The highest BCUT2D eigenvalue weighted by Gasteiger charge is 2.34. The van der Waals surface area contributed by atoms with Crippen LogP contribution in [-0.2, 0) is 4.79 Å². The van der Waals surface area contributed by atoms with Crippen molar-refractivity contribution in [3.63, 3.8) is 0 Å². The van der Waals surface area contributed by atoms with Gasteiger partial charge in [0.25, 0.3) is 11.1 Å². The third-order valence-electron chi connectivity index (χ3n) is 3.60. The van der Waals surface area contributed by atoms with Crippen LogP contribution in [0, 0.1) is 5.82 Å². The third kappa shape index (κ3) is 5.79. The number of halogens is 1. The zero-order chi connectivity index (χ0) is 19.1. The fourth-order valence-electron chi connectivity index (χ4n) is 2.20. The van der Waals surface area contributed by atoms with Crippen molar-refractivity contribution in [2.45, 2.75) is 0 Å². The minimum Gasteiger partial charge on any atom is -0.361 e. The van der Waals surface area contributed by atoms with Crippen molar-refractivity contribution in [1.29, 1.82) is 0 Å². The van der Waals surface area contributed by atoms with Crippen molar-refractivity contribution < 1.29 is 18.9 Å². The second kappa shape index (κ2) is 9.65. The van der Waals surface area contributed by atoms with Crippen molar-refractivity contribution in [3.8, 4) is 0 Å². The normalized spacial score (nSPS) is 15.8. The molecule has 3 N–H and O–H groups in total. The molecule has 0 spiro atoms. The van der Waals surface area contributed by atoms with Crippen LogP contribution in [-0.4, -0.2) is 61.4 Å². The Labute approximate surface area is 161 Å². The summed E-state index contributed by atoms with van der Waals surface area (Å²) in [6.07, 6.45) is 1.41. The number of amides is 2. The molecule has 2 rings (SSSR count). The minimum absolute atomic E-state index is 0.194. The maximum atomic E-state index is 13.7. The van der Waals surface area contributed by atoms with Gasteiger partial charge in [-0.3, -0.25) is 14.5 Å². The molecule has 0 saturated carbocycles. The maximum Gasteiger partial charge on any atom is 0.293 e. The van der Waals surface area contributed by atoms with E-state index in [1.165, 1.54) is 17.0 Å². The lowest BCUT2D eigenvalue weighted by Crippen LogP contribution is -3.06. The first-order valence-corrected chi connectivity index (χ1v) is 9.41. The molecule has 1 aromatic rings. The predicted molar refractivity (Wildman–Crippen MR) is 105 cm³/mol. The number of imide groups is 1. The molecule has 1 aliphatic rings. The summed E-state index contributed by atoms with van der Waals surface area (Å²) in [5, 5.41) is 6.16. The summed E-state index contributed by atoms with van der Waals surface area (Å²) in [7, 11) is 4.10. The fraction of sp³-hybridized carbons (Fsp3) is 0.353. The molecule has 0 aromatic heterocycles. The largest absolute Gasteiger partial charge is 0.361 e. The summed E-state index contributed by atoms with van der Waals surface area (Å²) < 4.78 is 13.7. The molecular weight excluding hydrogens is 375 g/mol. The van der Waals surface area contributed by atoms with E-state index in [0.717, 1.165) is 29.8 Å². The average molecular weight is 398 g/mol. The maximum absolute atomic E-state index is 13.7. The van der Waals surface area contributed by atoms with Crippen LogP contribution in [0.4, 0.5) is 9.18 Å². The summed E-state index contributed by atoms with van der Waals surface area (Å²) >= 11 is 5.97. The zero-order valence-corrected chi connectivity index (χ0v) is 16.3. The first kappa shape index (κ1) is 20.3. The monoisotopic (exact) mass is 397 g/mol. The Kier molecular flexibility index (Phi) is 7.55. The van der Waals surface area contributed by atoms with Crippen LogP contribution in [0.2, 0.25) is 0 Å². The quantitative estimate of drug-likeness (QED) is 0.459. The van der Waals surface area contributed by atoms with Crippen molar-refractivity contribution in [1.82, 2.24) is 15.5 Å². The van der Waals surface area contributed by atoms with Gasteiger partial charge in [-0.2, -0.15) is 0 Å². The number of quaternary nitrogens is 1. The van der Waals surface area contributed by atoms with E-state index in [1.807, 2.05) is 14.1 Å². The van der Waals surface area contributed by atoms with Gasteiger partial charge in [-0.05, 0) is 36.1 Å². The number of hydrogen-bond acceptors (Lipinski definition) is 4. The van der Waals surface area contributed by atoms with E-state index in [2.05, 4.69) is 10.6 Å². The molecular formula is C17H22FN4O2S2+. The third-order valence-corrected chi connectivity index (χ3v) is 4.79. The van der Waals surface area contributed by atoms with Gasteiger partial charge >= 0.3 is 0 Å². The van der Waals surface area contributed by atoms with Crippen LogP contribution in [0.3, 0.4) is 0 Å². The van der Waals surface area contributed by atoms with Crippen LogP contribution in [0.15, 0.2) is 29.2 Å². The molecule has 26 heavy (non-hydrogen) atoms. The van der Waals surface area contributed by atoms with Crippen molar-refractivity contribution >= 4 is 46.3 Å². The van der Waals surface area contributed by atoms with Gasteiger partial charge in [0.2, 0.25) is 0 Å². The highest BCUT2D eigenvalue weighted by molar-refractivity contribution is 8.18. The lowest BCUT2D eigenvalue weighted by Gasteiger charge is -2.15. The van der Waals surface area contributed by atoms with Crippen LogP contribution >= 0.6 is 24.0 Å². The number of thiocarbonyl (C=S) groups is 1. The van der Waals surface area contributed by atoms with Gasteiger partial charge in [-0.1, -0.05) is 18.2 Å². The fourth-order valence-corrected chi connectivity index (χ4v) is 3.26. The van der Waals surface area contributed by atoms with E-state index >= 15 is 0 Å². The van der Waals surface area contributed by atoms with Gasteiger partial charge in [0.05, 0.1) is 32.1 Å². The molecule has 9 heteroatoms. The molecule has 1 heterocycles. The van der Waals surface area contributed by atoms with Crippen LogP contribution in [0.25, 0.3) is 6.08 Å². The van der Waals surface area contributed by atoms with E-state index in [4.69, 9.17) is 12.2 Å². The lowest BCUT2D eigenvalue weighted by atomic mass is 10.2. The summed E-state index contributed by atoms with van der Waals surface area (Å²) in [5.41, 5.74) is 0.282. The Morgan fingerprint density at radius 1 is 1.27 bits per heavy atom. The lowest BCUT2D eigenvalue weighted by molar-refractivity contribution is -0.856. The Morgan fingerprint density at radius 2 is 1.96 bits per heavy atom. The number of thioether (sulfide) groups is 1. The summed E-state index contributed by atoms with van der Waals surface area (Å²) in [4.78, 5) is 27.1. The first-order valence-electron chi connectivity index (χ1n) is 8.19. The molecule has 0 aliphatic carbocycles. The SMILES string of the molecule is C[NH+](C)CCNC(=S)NCCN1C(=O)S/C(=C\c2ccccc2F)C1=O. The Bertz CT molecular complexity index is 724. The molecule has 0 bridgehead atoms. The number of rotatable bonds is 7. The highest BCUT2D eigenvalue weighted by Crippen LogP contribution is 2.32. The summed E-state index contributed by atoms with van der Waals surface area (Å²) in [5.74, 6) is -0.850. The van der Waals surface area contributed by atoms with E-state index in [9.17, 15) is 14.0 Å². The van der Waals surface area contributed by atoms with Gasteiger partial charge in [0.15, 0.2) is 5.11 Å². The molecule has 1 fully saturated rings. The van der Waals surface area contributed by atoms with Gasteiger partial charge in [-0.25, -0.2) is 4.39 Å². The first-order chi connectivity index (χ1) is 12.4. The number of carbonyl (C=O) groups excluding carboxylic acids is 2. The molecule has 1 aromatic carbocycles. The number of benzene rings is 1. The number of nitrogens with zero attached hydrogens (tertiary/aromatic N) is 1. The molecule has 1 saturated heterocycles. The molecule has 0 unspecified atom stereocenters. The van der Waals surface area contributed by atoms with E-state index in [1.54, 1.807) is 18.2 Å². The van der Waals surface area contributed by atoms with Crippen LogP contribution in [0.1, 0.15) is 5.56 Å². The minimum atomic E-state index is -0.433. The molecule has 2 amide bonds. The molecule has 1 aliphatic heterocycles. The van der Waals surface area contributed by atoms with Gasteiger partial charge in [-0.15, -0.1) is 0 Å². The second-order valence-electron chi connectivity index (χ2n) is 5.99. The average Bonchev–Trinajstić information content (AvgIpc) is 2.84. The van der Waals surface area contributed by atoms with E-state index in [-0.39, 0.29) is 22.3 Å². The van der Waals surface area contributed by atoms with Gasteiger partial charge < -0.3 is 15.5 Å². The summed E-state index contributed by atoms with van der Waals surface area (Å²) in [6.45, 7) is 2.21. The molecule has 0 atom stereocenters. The number of hydrogen-bond donors (Lipinski definition) is 3. The number of nitrogens with one attached hydrogen (secondary N) is 3. The van der Waals surface area contributed by atoms with Crippen molar-refractivity contribution in [3.05, 3.63) is 40.6 Å². The Hall–Kier alpha value is -1.97. The van der Waals surface area contributed by atoms with E-state index < -0.39 is 11.7 Å². The van der Waals surface area contributed by atoms with Gasteiger partial charge in [0, 0.05) is 18.7 Å². The molecule has 0 radical (unpaired) electrons. The van der Waals surface area contributed by atoms with Crippen LogP contribution < -0.4 is 15.5 Å². The standard InChI is InChI=1S/C17H21FN4O2S2/c1-21(2)9-7-19-16(25)20-8-10-22-15(23)14(26-17(22)24)11-12-5-3-4-6-13(12)18/h3-6,11H,7-10H2,1-2H3,(H2,19,20,25)/p+1/b14-11-.